The molecule has 2 N–H and O–H groups in total. The monoisotopic (exact) mass is 202 g/mol. The first-order chi connectivity index (χ1) is 6.54. The Bertz CT molecular complexity index is 331. The molecule has 1 aromatic rings. The molecule has 0 saturated heterocycles. The Labute approximate surface area is 79.3 Å². The van der Waals surface area contributed by atoms with Gasteiger partial charge in [0.15, 0.2) is 0 Å². The fourth-order valence-electron chi connectivity index (χ4n) is 0.891. The fraction of sp³-hybridized carbons (Fsp3) is 0.222. The maximum Gasteiger partial charge on any atom is 0.433 e. The zero-order chi connectivity index (χ0) is 10.6. The van der Waals surface area contributed by atoms with E-state index in [1.165, 1.54) is 18.2 Å². The van der Waals surface area contributed by atoms with Crippen molar-refractivity contribution in [1.82, 2.24) is 4.98 Å². The Morgan fingerprint density at radius 3 is 2.64 bits per heavy atom. The van der Waals surface area contributed by atoms with E-state index in [0.717, 1.165) is 6.07 Å². The van der Waals surface area contributed by atoms with Crippen LogP contribution in [0.1, 0.15) is 11.4 Å². The largest absolute Gasteiger partial charge is 0.433 e. The zero-order valence-corrected chi connectivity index (χ0v) is 7.25. The van der Waals surface area contributed by atoms with Gasteiger partial charge in [0, 0.05) is 6.54 Å². The molecule has 0 atom stereocenters. The van der Waals surface area contributed by atoms with Crippen molar-refractivity contribution in [3.8, 4) is 0 Å². The van der Waals surface area contributed by atoms with Crippen molar-refractivity contribution in [2.75, 3.05) is 6.54 Å². The van der Waals surface area contributed by atoms with Crippen LogP contribution in [0.4, 0.5) is 13.2 Å². The number of nitrogens with zero attached hydrogens (tertiary/aromatic N) is 1. The van der Waals surface area contributed by atoms with Crippen LogP contribution in [-0.4, -0.2) is 11.5 Å². The fourth-order valence-corrected chi connectivity index (χ4v) is 0.891. The topological polar surface area (TPSA) is 38.9 Å². The van der Waals surface area contributed by atoms with E-state index in [4.69, 9.17) is 5.73 Å². The summed E-state index contributed by atoms with van der Waals surface area (Å²) in [6, 6.07) is 3.73. The normalized spacial score (nSPS) is 12.3. The maximum atomic E-state index is 12.2. The molecule has 0 fully saturated rings. The summed E-state index contributed by atoms with van der Waals surface area (Å²) in [4.78, 5) is 3.41. The Hall–Kier alpha value is -1.36. The molecule has 0 amide bonds. The smallest absolute Gasteiger partial charge is 0.327 e. The van der Waals surface area contributed by atoms with Crippen molar-refractivity contribution in [1.29, 1.82) is 0 Å². The predicted molar refractivity (Wildman–Crippen MR) is 47.3 cm³/mol. The van der Waals surface area contributed by atoms with E-state index in [1.807, 2.05) is 0 Å². The number of hydrogen-bond acceptors (Lipinski definition) is 2. The second-order valence-electron chi connectivity index (χ2n) is 2.58. The van der Waals surface area contributed by atoms with Crippen molar-refractivity contribution in [2.45, 2.75) is 6.18 Å². The lowest BCUT2D eigenvalue weighted by Gasteiger charge is -2.05. The van der Waals surface area contributed by atoms with Gasteiger partial charge in [-0.3, -0.25) is 0 Å². The summed E-state index contributed by atoms with van der Waals surface area (Å²) in [6.07, 6.45) is -1.40. The van der Waals surface area contributed by atoms with Crippen LogP contribution in [0.25, 0.3) is 6.08 Å². The average Bonchev–Trinajstić information content (AvgIpc) is 2.14. The van der Waals surface area contributed by atoms with Gasteiger partial charge in [-0.25, -0.2) is 4.98 Å². The van der Waals surface area contributed by atoms with Crippen molar-refractivity contribution in [3.05, 3.63) is 35.7 Å². The molecule has 5 heteroatoms. The standard InChI is InChI=1S/C9H9F3N2/c10-9(11,12)8-5-1-3-7(14-8)4-2-6-13/h1-5H,6,13H2. The summed E-state index contributed by atoms with van der Waals surface area (Å²) >= 11 is 0. The molecule has 0 aliphatic heterocycles. The van der Waals surface area contributed by atoms with Crippen LogP contribution in [0.15, 0.2) is 24.3 Å². The summed E-state index contributed by atoms with van der Waals surface area (Å²) < 4.78 is 36.5. The van der Waals surface area contributed by atoms with Gasteiger partial charge in [0.2, 0.25) is 0 Å². The molecule has 2 nitrogen and oxygen atoms in total. The van der Waals surface area contributed by atoms with Gasteiger partial charge in [-0.15, -0.1) is 0 Å². The van der Waals surface area contributed by atoms with Gasteiger partial charge in [0.05, 0.1) is 5.69 Å². The lowest BCUT2D eigenvalue weighted by atomic mass is 10.3. The van der Waals surface area contributed by atoms with Crippen LogP contribution >= 0.6 is 0 Å². The summed E-state index contributed by atoms with van der Waals surface area (Å²) in [5, 5.41) is 0. The number of halogens is 3. The van der Waals surface area contributed by atoms with E-state index in [9.17, 15) is 13.2 Å². The number of hydrogen-bond donors (Lipinski definition) is 1. The Balaban J connectivity index is 2.96. The van der Waals surface area contributed by atoms with Crippen molar-refractivity contribution >= 4 is 6.08 Å². The molecule has 0 aromatic carbocycles. The van der Waals surface area contributed by atoms with Crippen molar-refractivity contribution < 1.29 is 13.2 Å². The molecule has 1 heterocycles. The first-order valence-electron chi connectivity index (χ1n) is 3.95. The van der Waals surface area contributed by atoms with E-state index < -0.39 is 11.9 Å². The molecule has 0 aliphatic rings. The van der Waals surface area contributed by atoms with E-state index in [1.54, 1.807) is 6.08 Å². The van der Waals surface area contributed by atoms with Gasteiger partial charge in [-0.2, -0.15) is 13.2 Å². The summed E-state index contributed by atoms with van der Waals surface area (Å²) in [5.41, 5.74) is 4.53. The highest BCUT2D eigenvalue weighted by Gasteiger charge is 2.32. The number of aromatic nitrogens is 1. The first kappa shape index (κ1) is 10.7. The first-order valence-corrected chi connectivity index (χ1v) is 3.95. The van der Waals surface area contributed by atoms with Gasteiger partial charge in [-0.05, 0) is 18.2 Å². The van der Waals surface area contributed by atoms with Gasteiger partial charge >= 0.3 is 6.18 Å². The Morgan fingerprint density at radius 2 is 2.07 bits per heavy atom. The molecule has 1 rings (SSSR count). The molecule has 1 aromatic heterocycles. The van der Waals surface area contributed by atoms with Crippen molar-refractivity contribution in [2.24, 2.45) is 5.73 Å². The predicted octanol–water partition coefficient (Wildman–Crippen LogP) is 2.07. The van der Waals surface area contributed by atoms with Crippen LogP contribution in [0, 0.1) is 0 Å². The van der Waals surface area contributed by atoms with Crippen LogP contribution in [0.5, 0.6) is 0 Å². The SMILES string of the molecule is NCC=Cc1cccc(C(F)(F)F)n1. The van der Waals surface area contributed by atoms with E-state index in [0.29, 0.717) is 0 Å². The van der Waals surface area contributed by atoms with Gasteiger partial charge in [0.1, 0.15) is 5.69 Å². The zero-order valence-electron chi connectivity index (χ0n) is 7.25. The maximum absolute atomic E-state index is 12.2. The molecule has 0 radical (unpaired) electrons. The van der Waals surface area contributed by atoms with E-state index in [2.05, 4.69) is 4.98 Å². The van der Waals surface area contributed by atoms with E-state index >= 15 is 0 Å². The molecular weight excluding hydrogens is 193 g/mol. The lowest BCUT2D eigenvalue weighted by Crippen LogP contribution is -2.08. The molecule has 14 heavy (non-hydrogen) atoms. The molecular formula is C9H9F3N2. The van der Waals surface area contributed by atoms with Crippen LogP contribution in [0.3, 0.4) is 0 Å². The number of pyridine rings is 1. The lowest BCUT2D eigenvalue weighted by molar-refractivity contribution is -0.141. The highest BCUT2D eigenvalue weighted by atomic mass is 19.4. The number of nitrogens with two attached hydrogens (primary N) is 1. The summed E-state index contributed by atoms with van der Waals surface area (Å²) in [5.74, 6) is 0. The second-order valence-corrected chi connectivity index (χ2v) is 2.58. The van der Waals surface area contributed by atoms with Crippen LogP contribution in [0.2, 0.25) is 0 Å². The minimum Gasteiger partial charge on any atom is -0.327 e. The van der Waals surface area contributed by atoms with Crippen LogP contribution < -0.4 is 5.73 Å². The Morgan fingerprint density at radius 1 is 1.36 bits per heavy atom. The number of rotatable bonds is 2. The second kappa shape index (κ2) is 4.23. The van der Waals surface area contributed by atoms with Gasteiger partial charge in [-0.1, -0.05) is 12.1 Å². The Kier molecular flexibility index (Phi) is 3.24. The third-order valence-electron chi connectivity index (χ3n) is 1.49. The molecule has 0 bridgehead atoms. The average molecular weight is 202 g/mol. The highest BCUT2D eigenvalue weighted by molar-refractivity contribution is 5.44. The van der Waals surface area contributed by atoms with E-state index in [-0.39, 0.29) is 12.2 Å². The minimum absolute atomic E-state index is 0.255. The highest BCUT2D eigenvalue weighted by Crippen LogP contribution is 2.27. The molecule has 76 valence electrons. The molecule has 0 spiro atoms. The van der Waals surface area contributed by atoms with Gasteiger partial charge < -0.3 is 5.73 Å². The quantitative estimate of drug-likeness (QED) is 0.797. The summed E-state index contributed by atoms with van der Waals surface area (Å²) in [7, 11) is 0. The molecule has 0 unspecified atom stereocenters. The van der Waals surface area contributed by atoms with Gasteiger partial charge in [0.25, 0.3) is 0 Å². The minimum atomic E-state index is -4.40. The third kappa shape index (κ3) is 2.85. The molecule has 0 saturated carbocycles. The van der Waals surface area contributed by atoms with Crippen LogP contribution in [-0.2, 0) is 6.18 Å². The third-order valence-corrected chi connectivity index (χ3v) is 1.49. The summed E-state index contributed by atoms with van der Waals surface area (Å²) in [6.45, 7) is 0.276. The van der Waals surface area contributed by atoms with Crippen molar-refractivity contribution in [3.63, 3.8) is 0 Å². The number of alkyl halides is 3. The molecule has 0 aliphatic carbocycles.